The first-order valence-corrected chi connectivity index (χ1v) is 6.77. The smallest absolute Gasteiger partial charge is 0.133 e. The van der Waals surface area contributed by atoms with Crippen LogP contribution in [0.3, 0.4) is 0 Å². The van der Waals surface area contributed by atoms with E-state index >= 15 is 0 Å². The number of ether oxygens (including phenoxy) is 1. The van der Waals surface area contributed by atoms with Gasteiger partial charge in [0, 0.05) is 18.1 Å². The lowest BCUT2D eigenvalue weighted by Crippen LogP contribution is -2.05. The van der Waals surface area contributed by atoms with Gasteiger partial charge in [0.2, 0.25) is 0 Å². The van der Waals surface area contributed by atoms with Crippen LogP contribution in [0.5, 0.6) is 5.75 Å². The normalized spacial score (nSPS) is 10.8. The summed E-state index contributed by atoms with van der Waals surface area (Å²) in [6.45, 7) is 6.01. The minimum absolute atomic E-state index is 0.149. The average Bonchev–Trinajstić information content (AvgIpc) is 2.37. The molecular weight excluding hydrogens is 260 g/mol. The first-order chi connectivity index (χ1) is 9.08. The number of halogens is 1. The topological polar surface area (TPSA) is 35.0 Å². The molecule has 4 heteroatoms. The molecule has 0 spiro atoms. The van der Waals surface area contributed by atoms with Crippen LogP contribution in [0.1, 0.15) is 26.6 Å². The fraction of sp³-hybridized carbons (Fsp3) is 0.333. The van der Waals surface area contributed by atoms with Crippen LogP contribution >= 0.6 is 11.6 Å². The molecule has 0 saturated heterocycles. The Hall–Kier alpha value is -1.61. The van der Waals surface area contributed by atoms with Crippen LogP contribution in [0.2, 0.25) is 5.15 Å². The quantitative estimate of drug-likeness (QED) is 0.787. The number of aryl methyl sites for hydroxylation is 1. The highest BCUT2D eigenvalue weighted by Gasteiger charge is 2.06. The summed E-state index contributed by atoms with van der Waals surface area (Å²) in [6, 6.07) is 9.63. The van der Waals surface area contributed by atoms with Crippen molar-refractivity contribution in [2.24, 2.45) is 0 Å². The Bertz CT molecular complexity index is 570. The first-order valence-electron chi connectivity index (χ1n) is 6.39. The van der Waals surface area contributed by atoms with Crippen LogP contribution in [-0.2, 0) is 6.42 Å². The van der Waals surface area contributed by atoms with Gasteiger partial charge in [-0.2, -0.15) is 0 Å². The van der Waals surface area contributed by atoms with Crippen LogP contribution in [0.4, 0.5) is 0 Å². The number of nitrogens with zero attached hydrogens (tertiary/aromatic N) is 2. The Morgan fingerprint density at radius 2 is 2.00 bits per heavy atom. The molecule has 2 aromatic rings. The molecular formula is C15H17ClN2O. The van der Waals surface area contributed by atoms with Crippen LogP contribution < -0.4 is 4.74 Å². The molecule has 19 heavy (non-hydrogen) atoms. The first kappa shape index (κ1) is 13.8. The highest BCUT2D eigenvalue weighted by molar-refractivity contribution is 6.29. The maximum Gasteiger partial charge on any atom is 0.133 e. The van der Waals surface area contributed by atoms with Gasteiger partial charge in [-0.25, -0.2) is 9.97 Å². The predicted octanol–water partition coefficient (Wildman–Crippen LogP) is 4.15. The van der Waals surface area contributed by atoms with Gasteiger partial charge in [-0.1, -0.05) is 30.7 Å². The maximum atomic E-state index is 6.02. The molecule has 0 aliphatic carbocycles. The molecule has 0 N–H and O–H groups in total. The summed E-state index contributed by atoms with van der Waals surface area (Å²) < 4.78 is 5.69. The highest BCUT2D eigenvalue weighted by Crippen LogP contribution is 2.24. The summed E-state index contributed by atoms with van der Waals surface area (Å²) in [5.74, 6) is 1.58. The molecule has 0 bridgehead atoms. The third-order valence-electron chi connectivity index (χ3n) is 2.56. The van der Waals surface area contributed by atoms with Gasteiger partial charge in [-0.3, -0.25) is 0 Å². The molecule has 3 nitrogen and oxygen atoms in total. The van der Waals surface area contributed by atoms with Gasteiger partial charge in [-0.15, -0.1) is 0 Å². The zero-order chi connectivity index (χ0) is 13.8. The maximum absolute atomic E-state index is 6.02. The van der Waals surface area contributed by atoms with E-state index in [-0.39, 0.29) is 6.10 Å². The fourth-order valence-electron chi connectivity index (χ4n) is 1.77. The van der Waals surface area contributed by atoms with Crippen molar-refractivity contribution in [1.29, 1.82) is 0 Å². The van der Waals surface area contributed by atoms with Crippen molar-refractivity contribution in [3.05, 3.63) is 41.3 Å². The van der Waals surface area contributed by atoms with E-state index in [1.165, 1.54) is 0 Å². The molecule has 1 aromatic heterocycles. The molecule has 0 unspecified atom stereocenters. The molecule has 1 heterocycles. The predicted molar refractivity (Wildman–Crippen MR) is 77.6 cm³/mol. The molecule has 0 atom stereocenters. The van der Waals surface area contributed by atoms with E-state index in [2.05, 4.69) is 9.97 Å². The van der Waals surface area contributed by atoms with E-state index in [1.54, 1.807) is 6.07 Å². The molecule has 100 valence electrons. The number of aromatic nitrogens is 2. The second-order valence-electron chi connectivity index (χ2n) is 4.54. The molecule has 0 amide bonds. The molecule has 0 radical (unpaired) electrons. The third kappa shape index (κ3) is 3.67. The molecule has 0 aliphatic heterocycles. The van der Waals surface area contributed by atoms with Crippen molar-refractivity contribution in [3.8, 4) is 17.0 Å². The SMILES string of the molecule is CCc1nc(Cl)cc(-c2cccc(OC(C)C)c2)n1. The number of rotatable bonds is 4. The minimum Gasteiger partial charge on any atom is -0.491 e. The van der Waals surface area contributed by atoms with Gasteiger partial charge in [-0.05, 0) is 26.0 Å². The van der Waals surface area contributed by atoms with E-state index in [9.17, 15) is 0 Å². The van der Waals surface area contributed by atoms with E-state index in [4.69, 9.17) is 16.3 Å². The molecule has 0 aliphatic rings. The van der Waals surface area contributed by atoms with Crippen molar-refractivity contribution in [3.63, 3.8) is 0 Å². The van der Waals surface area contributed by atoms with Gasteiger partial charge >= 0.3 is 0 Å². The van der Waals surface area contributed by atoms with Gasteiger partial charge in [0.05, 0.1) is 11.8 Å². The fourth-order valence-corrected chi connectivity index (χ4v) is 1.97. The summed E-state index contributed by atoms with van der Waals surface area (Å²) in [7, 11) is 0. The number of hydrogen-bond donors (Lipinski definition) is 0. The lowest BCUT2D eigenvalue weighted by atomic mass is 10.1. The Balaban J connectivity index is 2.38. The number of hydrogen-bond acceptors (Lipinski definition) is 3. The summed E-state index contributed by atoms with van der Waals surface area (Å²) in [5, 5.41) is 0.469. The van der Waals surface area contributed by atoms with Crippen molar-refractivity contribution in [2.45, 2.75) is 33.3 Å². The summed E-state index contributed by atoms with van der Waals surface area (Å²) in [5.41, 5.74) is 1.81. The second kappa shape index (κ2) is 6.02. The highest BCUT2D eigenvalue weighted by atomic mass is 35.5. The van der Waals surface area contributed by atoms with Crippen molar-refractivity contribution in [2.75, 3.05) is 0 Å². The minimum atomic E-state index is 0.149. The average molecular weight is 277 g/mol. The molecule has 2 rings (SSSR count). The Labute approximate surface area is 118 Å². The van der Waals surface area contributed by atoms with E-state index < -0.39 is 0 Å². The van der Waals surface area contributed by atoms with Crippen LogP contribution in [-0.4, -0.2) is 16.1 Å². The van der Waals surface area contributed by atoms with E-state index in [0.29, 0.717) is 5.15 Å². The third-order valence-corrected chi connectivity index (χ3v) is 2.75. The van der Waals surface area contributed by atoms with Gasteiger partial charge in [0.15, 0.2) is 0 Å². The Morgan fingerprint density at radius 1 is 1.21 bits per heavy atom. The monoisotopic (exact) mass is 276 g/mol. The molecule has 1 aromatic carbocycles. The molecule has 0 fully saturated rings. The summed E-state index contributed by atoms with van der Waals surface area (Å²) in [6.07, 6.45) is 0.908. The van der Waals surface area contributed by atoms with Gasteiger partial charge in [0.25, 0.3) is 0 Å². The summed E-state index contributed by atoms with van der Waals surface area (Å²) in [4.78, 5) is 8.66. The number of benzene rings is 1. The van der Waals surface area contributed by atoms with Crippen molar-refractivity contribution < 1.29 is 4.74 Å². The molecule has 0 saturated carbocycles. The van der Waals surface area contributed by atoms with Crippen LogP contribution in [0.15, 0.2) is 30.3 Å². The zero-order valence-electron chi connectivity index (χ0n) is 11.4. The Kier molecular flexibility index (Phi) is 4.38. The lowest BCUT2D eigenvalue weighted by molar-refractivity contribution is 0.242. The van der Waals surface area contributed by atoms with Crippen LogP contribution in [0, 0.1) is 0 Å². The standard InChI is InChI=1S/C15H17ClN2O/c1-4-15-17-13(9-14(16)18-15)11-6-5-7-12(8-11)19-10(2)3/h5-10H,4H2,1-3H3. The van der Waals surface area contributed by atoms with Crippen molar-refractivity contribution >= 4 is 11.6 Å². The van der Waals surface area contributed by atoms with E-state index in [1.807, 2.05) is 45.0 Å². The lowest BCUT2D eigenvalue weighted by Gasteiger charge is -2.11. The van der Waals surface area contributed by atoms with Gasteiger partial charge in [0.1, 0.15) is 16.7 Å². The van der Waals surface area contributed by atoms with E-state index in [0.717, 1.165) is 29.3 Å². The second-order valence-corrected chi connectivity index (χ2v) is 4.93. The Morgan fingerprint density at radius 3 is 2.68 bits per heavy atom. The zero-order valence-corrected chi connectivity index (χ0v) is 12.1. The largest absolute Gasteiger partial charge is 0.491 e. The summed E-state index contributed by atoms with van der Waals surface area (Å²) >= 11 is 6.02. The van der Waals surface area contributed by atoms with Crippen molar-refractivity contribution in [1.82, 2.24) is 9.97 Å². The van der Waals surface area contributed by atoms with Crippen LogP contribution in [0.25, 0.3) is 11.3 Å². The van der Waals surface area contributed by atoms with Gasteiger partial charge < -0.3 is 4.74 Å².